The first kappa shape index (κ1) is 16.1. The molecular formula is C14H22ClNO3. The Hall–Kier alpha value is -0.970. The highest BCUT2D eigenvalue weighted by atomic mass is 35.5. The molecule has 0 aliphatic heterocycles. The van der Waals surface area contributed by atoms with Crippen LogP contribution in [0.2, 0.25) is 5.02 Å². The molecule has 19 heavy (non-hydrogen) atoms. The maximum absolute atomic E-state index is 9.32. The summed E-state index contributed by atoms with van der Waals surface area (Å²) in [7, 11) is 3.15. The van der Waals surface area contributed by atoms with Gasteiger partial charge in [0.1, 0.15) is 0 Å². The lowest BCUT2D eigenvalue weighted by Crippen LogP contribution is -2.28. The number of rotatable bonds is 7. The third kappa shape index (κ3) is 4.90. The third-order valence-corrected chi connectivity index (χ3v) is 3.12. The van der Waals surface area contributed by atoms with Crippen molar-refractivity contribution in [3.63, 3.8) is 0 Å². The average Bonchev–Trinajstić information content (AvgIpc) is 2.34. The molecule has 5 heteroatoms. The lowest BCUT2D eigenvalue weighted by Gasteiger charge is -2.17. The molecule has 0 heterocycles. The van der Waals surface area contributed by atoms with Crippen LogP contribution in [0.4, 0.5) is 0 Å². The van der Waals surface area contributed by atoms with Crippen molar-refractivity contribution in [3.8, 4) is 11.5 Å². The Kier molecular flexibility index (Phi) is 6.42. The number of ether oxygens (including phenoxy) is 2. The van der Waals surface area contributed by atoms with Crippen LogP contribution in [0.3, 0.4) is 0 Å². The summed E-state index contributed by atoms with van der Waals surface area (Å²) in [4.78, 5) is 0. The summed E-state index contributed by atoms with van der Waals surface area (Å²) in [6.45, 7) is 4.48. The zero-order chi connectivity index (χ0) is 14.4. The first-order valence-corrected chi connectivity index (χ1v) is 6.67. The molecule has 1 aromatic carbocycles. The summed E-state index contributed by atoms with van der Waals surface area (Å²) in [5.41, 5.74) is 1.01. The maximum atomic E-state index is 9.32. The molecule has 0 aliphatic carbocycles. The zero-order valence-electron chi connectivity index (χ0n) is 11.9. The van der Waals surface area contributed by atoms with Crippen LogP contribution in [-0.2, 0) is 6.54 Å². The average molecular weight is 288 g/mol. The van der Waals surface area contributed by atoms with Gasteiger partial charge in [-0.2, -0.15) is 0 Å². The van der Waals surface area contributed by atoms with E-state index >= 15 is 0 Å². The Balaban J connectivity index is 2.72. The maximum Gasteiger partial charge on any atom is 0.179 e. The van der Waals surface area contributed by atoms with Crippen molar-refractivity contribution in [3.05, 3.63) is 22.7 Å². The van der Waals surface area contributed by atoms with Crippen LogP contribution in [0.25, 0.3) is 0 Å². The minimum Gasteiger partial charge on any atom is -0.493 e. The molecule has 0 amide bonds. The Labute approximate surface area is 119 Å². The van der Waals surface area contributed by atoms with Gasteiger partial charge in [-0.3, -0.25) is 0 Å². The van der Waals surface area contributed by atoms with Gasteiger partial charge >= 0.3 is 0 Å². The van der Waals surface area contributed by atoms with Crippen molar-refractivity contribution in [2.75, 3.05) is 14.2 Å². The quantitative estimate of drug-likeness (QED) is 0.809. The molecule has 0 fully saturated rings. The van der Waals surface area contributed by atoms with E-state index in [2.05, 4.69) is 5.32 Å². The first-order chi connectivity index (χ1) is 8.97. The predicted molar refractivity (Wildman–Crippen MR) is 77.2 cm³/mol. The van der Waals surface area contributed by atoms with E-state index in [9.17, 15) is 5.11 Å². The third-order valence-electron chi connectivity index (χ3n) is 2.84. The van der Waals surface area contributed by atoms with E-state index in [1.165, 1.54) is 0 Å². The molecule has 1 aromatic rings. The minimum atomic E-state index is -0.309. The summed E-state index contributed by atoms with van der Waals surface area (Å²) in [5, 5.41) is 13.2. The van der Waals surface area contributed by atoms with Crippen molar-refractivity contribution < 1.29 is 14.6 Å². The minimum absolute atomic E-state index is 0.229. The van der Waals surface area contributed by atoms with Crippen molar-refractivity contribution >= 4 is 11.6 Å². The lowest BCUT2D eigenvalue weighted by atomic mass is 10.1. The van der Waals surface area contributed by atoms with Crippen molar-refractivity contribution in [2.24, 2.45) is 0 Å². The summed E-state index contributed by atoms with van der Waals surface area (Å²) in [5.74, 6) is 1.17. The van der Waals surface area contributed by atoms with Crippen LogP contribution in [-0.4, -0.2) is 31.5 Å². The number of hydrogen-bond acceptors (Lipinski definition) is 4. The zero-order valence-corrected chi connectivity index (χ0v) is 12.6. The summed E-state index contributed by atoms with van der Waals surface area (Å²) < 4.78 is 10.4. The second-order valence-electron chi connectivity index (χ2n) is 4.68. The fourth-order valence-electron chi connectivity index (χ4n) is 1.96. The number of aliphatic hydroxyl groups excluding tert-OH is 1. The van der Waals surface area contributed by atoms with E-state index in [0.717, 1.165) is 5.56 Å². The molecule has 0 radical (unpaired) electrons. The Morgan fingerprint density at radius 3 is 2.47 bits per heavy atom. The molecule has 0 aliphatic rings. The first-order valence-electron chi connectivity index (χ1n) is 6.29. The Bertz CT molecular complexity index is 410. The molecular weight excluding hydrogens is 266 g/mol. The van der Waals surface area contributed by atoms with Crippen LogP contribution >= 0.6 is 11.6 Å². The fraction of sp³-hybridized carbons (Fsp3) is 0.571. The molecule has 4 nitrogen and oxygen atoms in total. The molecule has 0 saturated carbocycles. The second-order valence-corrected chi connectivity index (χ2v) is 5.09. The van der Waals surface area contributed by atoms with Crippen LogP contribution in [0.15, 0.2) is 12.1 Å². The van der Waals surface area contributed by atoms with Crippen molar-refractivity contribution in [1.29, 1.82) is 0 Å². The van der Waals surface area contributed by atoms with E-state index in [1.807, 2.05) is 19.1 Å². The van der Waals surface area contributed by atoms with E-state index in [0.29, 0.717) is 29.5 Å². The van der Waals surface area contributed by atoms with Crippen molar-refractivity contribution in [1.82, 2.24) is 5.32 Å². The largest absolute Gasteiger partial charge is 0.493 e. The van der Waals surface area contributed by atoms with Gasteiger partial charge in [0.05, 0.1) is 25.3 Å². The second kappa shape index (κ2) is 7.58. The van der Waals surface area contributed by atoms with Crippen LogP contribution in [0.1, 0.15) is 25.8 Å². The number of nitrogens with one attached hydrogen (secondary N) is 1. The molecule has 108 valence electrons. The van der Waals surface area contributed by atoms with Gasteiger partial charge in [-0.15, -0.1) is 0 Å². The Morgan fingerprint density at radius 1 is 1.26 bits per heavy atom. The number of methoxy groups -OCH3 is 2. The van der Waals surface area contributed by atoms with Crippen LogP contribution in [0.5, 0.6) is 11.5 Å². The molecule has 0 aromatic heterocycles. The van der Waals surface area contributed by atoms with E-state index in [-0.39, 0.29) is 12.1 Å². The van der Waals surface area contributed by atoms with E-state index < -0.39 is 0 Å². The Morgan fingerprint density at radius 2 is 1.95 bits per heavy atom. The van der Waals surface area contributed by atoms with E-state index in [1.54, 1.807) is 21.1 Å². The molecule has 0 saturated heterocycles. The normalized spacial score (nSPS) is 14.0. The summed E-state index contributed by atoms with van der Waals surface area (Å²) in [6, 6.07) is 3.98. The fourth-order valence-corrected chi connectivity index (χ4v) is 2.27. The summed E-state index contributed by atoms with van der Waals surface area (Å²) >= 11 is 6.14. The van der Waals surface area contributed by atoms with Gasteiger partial charge in [-0.1, -0.05) is 11.6 Å². The summed E-state index contributed by atoms with van der Waals surface area (Å²) in [6.07, 6.45) is 0.401. The lowest BCUT2D eigenvalue weighted by molar-refractivity contribution is 0.170. The number of halogens is 1. The highest BCUT2D eigenvalue weighted by Crippen LogP contribution is 2.35. The molecule has 2 unspecified atom stereocenters. The van der Waals surface area contributed by atoms with Gasteiger partial charge in [0.2, 0.25) is 0 Å². The molecule has 1 rings (SSSR count). The van der Waals surface area contributed by atoms with Gasteiger partial charge in [-0.05, 0) is 38.0 Å². The van der Waals surface area contributed by atoms with Gasteiger partial charge in [0.15, 0.2) is 11.5 Å². The molecule has 0 bridgehead atoms. The van der Waals surface area contributed by atoms with Crippen LogP contribution < -0.4 is 14.8 Å². The number of aliphatic hydroxyl groups is 1. The molecule has 2 atom stereocenters. The van der Waals surface area contributed by atoms with Crippen LogP contribution in [0, 0.1) is 0 Å². The predicted octanol–water partition coefficient (Wildman–Crippen LogP) is 2.61. The number of hydrogen-bond donors (Lipinski definition) is 2. The standard InChI is InChI=1S/C14H22ClNO3/c1-9(5-10(2)17)16-8-11-6-12(15)14(19-4)13(7-11)18-3/h6-7,9-10,16-17H,5,8H2,1-4H3. The topological polar surface area (TPSA) is 50.7 Å². The monoisotopic (exact) mass is 287 g/mol. The number of benzene rings is 1. The van der Waals surface area contributed by atoms with Gasteiger partial charge < -0.3 is 19.9 Å². The van der Waals surface area contributed by atoms with Crippen molar-refractivity contribution in [2.45, 2.75) is 39.0 Å². The molecule has 0 spiro atoms. The highest BCUT2D eigenvalue weighted by Gasteiger charge is 2.12. The molecule has 2 N–H and O–H groups in total. The SMILES string of the molecule is COc1cc(CNC(C)CC(C)O)cc(Cl)c1OC. The smallest absolute Gasteiger partial charge is 0.179 e. The highest BCUT2D eigenvalue weighted by molar-refractivity contribution is 6.32. The van der Waals surface area contributed by atoms with E-state index in [4.69, 9.17) is 21.1 Å². The van der Waals surface area contributed by atoms with Gasteiger partial charge in [0.25, 0.3) is 0 Å². The van der Waals surface area contributed by atoms with Gasteiger partial charge in [-0.25, -0.2) is 0 Å². The van der Waals surface area contributed by atoms with Gasteiger partial charge in [0, 0.05) is 12.6 Å².